The summed E-state index contributed by atoms with van der Waals surface area (Å²) in [6.07, 6.45) is 2.25. The highest BCUT2D eigenvalue weighted by Gasteiger charge is 2.00. The quantitative estimate of drug-likeness (QED) is 0.461. The van der Waals surface area contributed by atoms with Crippen LogP contribution >= 0.6 is 22.6 Å². The van der Waals surface area contributed by atoms with Crippen molar-refractivity contribution in [3.63, 3.8) is 0 Å². The highest BCUT2D eigenvalue weighted by Crippen LogP contribution is 2.17. The van der Waals surface area contributed by atoms with Crippen LogP contribution in [-0.4, -0.2) is 18.4 Å². The van der Waals surface area contributed by atoms with E-state index in [4.69, 9.17) is 4.74 Å². The lowest BCUT2D eigenvalue weighted by molar-refractivity contribution is 0.112. The zero-order valence-corrected chi connectivity index (χ0v) is 8.03. The number of hydrogen-bond acceptors (Lipinski definition) is 3. The molecule has 0 N–H and O–H groups in total. The van der Waals surface area contributed by atoms with Gasteiger partial charge in [0.05, 0.1) is 7.11 Å². The van der Waals surface area contributed by atoms with Crippen molar-refractivity contribution in [1.29, 1.82) is 0 Å². The number of aromatic nitrogens is 1. The van der Waals surface area contributed by atoms with Gasteiger partial charge in [-0.3, -0.25) is 4.79 Å². The monoisotopic (exact) mass is 263 g/mol. The van der Waals surface area contributed by atoms with Crippen LogP contribution in [0, 0.1) is 3.70 Å². The van der Waals surface area contributed by atoms with Gasteiger partial charge in [-0.15, -0.1) is 0 Å². The van der Waals surface area contributed by atoms with E-state index >= 15 is 0 Å². The van der Waals surface area contributed by atoms with Gasteiger partial charge in [-0.1, -0.05) is 0 Å². The Kier molecular flexibility index (Phi) is 2.81. The highest BCUT2D eigenvalue weighted by molar-refractivity contribution is 14.1. The van der Waals surface area contributed by atoms with Crippen LogP contribution in [0.2, 0.25) is 0 Å². The van der Waals surface area contributed by atoms with Gasteiger partial charge in [-0.25, -0.2) is 4.98 Å². The van der Waals surface area contributed by atoms with Gasteiger partial charge in [-0.05, 0) is 28.7 Å². The molecule has 0 saturated carbocycles. The first-order chi connectivity index (χ1) is 5.27. The standard InChI is InChI=1S/C7H6INO2/c1-11-6-2-5(4-10)3-9-7(6)8/h2-4H,1H3. The van der Waals surface area contributed by atoms with Crippen LogP contribution in [-0.2, 0) is 0 Å². The van der Waals surface area contributed by atoms with Gasteiger partial charge in [0.25, 0.3) is 0 Å². The molecule has 3 nitrogen and oxygen atoms in total. The van der Waals surface area contributed by atoms with Gasteiger partial charge < -0.3 is 4.74 Å². The Morgan fingerprint density at radius 1 is 1.73 bits per heavy atom. The molecule has 1 rings (SSSR count). The number of pyridine rings is 1. The van der Waals surface area contributed by atoms with Crippen LogP contribution in [0.1, 0.15) is 10.4 Å². The predicted molar refractivity (Wildman–Crippen MR) is 48.9 cm³/mol. The van der Waals surface area contributed by atoms with Crippen LogP contribution in [0.25, 0.3) is 0 Å². The molecule has 11 heavy (non-hydrogen) atoms. The maximum Gasteiger partial charge on any atom is 0.151 e. The van der Waals surface area contributed by atoms with E-state index in [0.29, 0.717) is 11.3 Å². The van der Waals surface area contributed by atoms with E-state index in [9.17, 15) is 4.79 Å². The lowest BCUT2D eigenvalue weighted by Gasteiger charge is -2.00. The minimum Gasteiger partial charge on any atom is -0.494 e. The number of methoxy groups -OCH3 is 1. The van der Waals surface area contributed by atoms with E-state index < -0.39 is 0 Å². The van der Waals surface area contributed by atoms with E-state index in [1.807, 2.05) is 22.6 Å². The van der Waals surface area contributed by atoms with Crippen molar-refractivity contribution >= 4 is 28.9 Å². The first-order valence-corrected chi connectivity index (χ1v) is 4.00. The number of halogens is 1. The summed E-state index contributed by atoms with van der Waals surface area (Å²) in [4.78, 5) is 14.2. The van der Waals surface area contributed by atoms with Crippen LogP contribution in [0.5, 0.6) is 5.75 Å². The fourth-order valence-corrected chi connectivity index (χ4v) is 1.17. The summed E-state index contributed by atoms with van der Waals surface area (Å²) < 4.78 is 5.72. The van der Waals surface area contributed by atoms with Gasteiger partial charge in [-0.2, -0.15) is 0 Å². The van der Waals surface area contributed by atoms with Crippen LogP contribution in [0.4, 0.5) is 0 Å². The molecule has 0 aromatic carbocycles. The summed E-state index contributed by atoms with van der Waals surface area (Å²) >= 11 is 2.04. The van der Waals surface area contributed by atoms with Gasteiger partial charge in [0, 0.05) is 11.8 Å². The molecule has 0 amide bonds. The molecule has 0 spiro atoms. The molecule has 0 saturated heterocycles. The zero-order valence-electron chi connectivity index (χ0n) is 5.87. The number of carbonyl (C=O) groups is 1. The summed E-state index contributed by atoms with van der Waals surface area (Å²) in [6.45, 7) is 0. The molecule has 0 atom stereocenters. The number of nitrogens with zero attached hydrogens (tertiary/aromatic N) is 1. The molecule has 1 aromatic heterocycles. The first kappa shape index (κ1) is 8.45. The Labute approximate surface area is 77.9 Å². The Morgan fingerprint density at radius 2 is 2.45 bits per heavy atom. The third-order valence-electron chi connectivity index (χ3n) is 1.18. The van der Waals surface area contributed by atoms with Crippen LogP contribution in [0.3, 0.4) is 0 Å². The maximum absolute atomic E-state index is 10.3. The molecule has 0 unspecified atom stereocenters. The second kappa shape index (κ2) is 3.66. The van der Waals surface area contributed by atoms with Crippen LogP contribution < -0.4 is 4.74 Å². The molecule has 4 heteroatoms. The third kappa shape index (κ3) is 1.89. The summed E-state index contributed by atoms with van der Waals surface area (Å²) in [5, 5.41) is 0. The molecule has 58 valence electrons. The summed E-state index contributed by atoms with van der Waals surface area (Å²) in [6, 6.07) is 1.65. The van der Waals surface area contributed by atoms with E-state index in [2.05, 4.69) is 4.98 Å². The largest absolute Gasteiger partial charge is 0.494 e. The van der Waals surface area contributed by atoms with E-state index in [0.717, 1.165) is 9.99 Å². The Balaban J connectivity index is 3.12. The average molecular weight is 263 g/mol. The Bertz CT molecular complexity index is 275. The number of aldehydes is 1. The van der Waals surface area contributed by atoms with Gasteiger partial charge in [0.2, 0.25) is 0 Å². The maximum atomic E-state index is 10.3. The SMILES string of the molecule is COc1cc(C=O)cnc1I. The van der Waals surface area contributed by atoms with E-state index in [1.165, 1.54) is 6.20 Å². The smallest absolute Gasteiger partial charge is 0.151 e. The molecule has 1 aromatic rings. The zero-order chi connectivity index (χ0) is 8.27. The number of ether oxygens (including phenoxy) is 1. The topological polar surface area (TPSA) is 39.2 Å². The van der Waals surface area contributed by atoms with Crippen molar-refractivity contribution in [2.45, 2.75) is 0 Å². The highest BCUT2D eigenvalue weighted by atomic mass is 127. The average Bonchev–Trinajstić information content (AvgIpc) is 2.05. The second-order valence-corrected chi connectivity index (χ2v) is 2.90. The molecule has 0 aliphatic carbocycles. The van der Waals surface area contributed by atoms with Crippen molar-refractivity contribution in [2.75, 3.05) is 7.11 Å². The minimum atomic E-state index is 0.530. The minimum absolute atomic E-state index is 0.530. The van der Waals surface area contributed by atoms with Crippen molar-refractivity contribution in [3.8, 4) is 5.75 Å². The van der Waals surface area contributed by atoms with Gasteiger partial charge >= 0.3 is 0 Å². The second-order valence-electron chi connectivity index (χ2n) is 1.88. The molecular formula is C7H6INO2. The number of rotatable bonds is 2. The summed E-state index contributed by atoms with van der Waals surface area (Å²) in [5.41, 5.74) is 0.530. The molecule has 0 aliphatic rings. The molecule has 0 bridgehead atoms. The fourth-order valence-electron chi connectivity index (χ4n) is 0.651. The van der Waals surface area contributed by atoms with Crippen molar-refractivity contribution in [1.82, 2.24) is 4.98 Å². The first-order valence-electron chi connectivity index (χ1n) is 2.92. The Morgan fingerprint density at radius 3 is 3.00 bits per heavy atom. The molecule has 0 radical (unpaired) electrons. The molecular weight excluding hydrogens is 257 g/mol. The lowest BCUT2D eigenvalue weighted by atomic mass is 10.3. The van der Waals surface area contributed by atoms with Gasteiger partial charge in [0.15, 0.2) is 12.0 Å². The van der Waals surface area contributed by atoms with E-state index in [1.54, 1.807) is 13.2 Å². The molecule has 1 heterocycles. The van der Waals surface area contributed by atoms with Crippen molar-refractivity contribution < 1.29 is 9.53 Å². The van der Waals surface area contributed by atoms with E-state index in [-0.39, 0.29) is 0 Å². The molecule has 0 fully saturated rings. The van der Waals surface area contributed by atoms with Gasteiger partial charge in [0.1, 0.15) is 3.70 Å². The molecule has 0 aliphatic heterocycles. The van der Waals surface area contributed by atoms with Crippen molar-refractivity contribution in [2.24, 2.45) is 0 Å². The number of hydrogen-bond donors (Lipinski definition) is 0. The predicted octanol–water partition coefficient (Wildman–Crippen LogP) is 1.51. The Hall–Kier alpha value is -0.650. The lowest BCUT2D eigenvalue weighted by Crippen LogP contribution is -1.92. The third-order valence-corrected chi connectivity index (χ3v) is 1.99. The number of carbonyl (C=O) groups excluding carboxylic acids is 1. The van der Waals surface area contributed by atoms with Crippen LogP contribution in [0.15, 0.2) is 12.3 Å². The summed E-state index contributed by atoms with van der Waals surface area (Å²) in [5.74, 6) is 0.634. The normalized spacial score (nSPS) is 9.27. The fraction of sp³-hybridized carbons (Fsp3) is 0.143. The summed E-state index contributed by atoms with van der Waals surface area (Å²) in [7, 11) is 1.55. The van der Waals surface area contributed by atoms with Crippen molar-refractivity contribution in [3.05, 3.63) is 21.5 Å².